The summed E-state index contributed by atoms with van der Waals surface area (Å²) in [4.78, 5) is 29.7. The molecule has 3 aromatic rings. The molecule has 0 aliphatic heterocycles. The van der Waals surface area contributed by atoms with Gasteiger partial charge in [-0.3, -0.25) is 14.0 Å². The van der Waals surface area contributed by atoms with Crippen LogP contribution in [-0.2, 0) is 9.53 Å². The Labute approximate surface area is 166 Å². The van der Waals surface area contributed by atoms with Crippen LogP contribution in [0, 0.1) is 11.3 Å². The first-order valence-electron chi connectivity index (χ1n) is 8.77. The van der Waals surface area contributed by atoms with Gasteiger partial charge in [-0.25, -0.2) is 0 Å². The minimum Gasteiger partial charge on any atom is -0.438 e. The second-order valence-electron chi connectivity index (χ2n) is 5.90. The van der Waals surface area contributed by atoms with Gasteiger partial charge in [-0.05, 0) is 30.3 Å². The molecule has 0 aliphatic carbocycles. The summed E-state index contributed by atoms with van der Waals surface area (Å²) in [6, 6.07) is 15.7. The van der Waals surface area contributed by atoms with Crippen LogP contribution in [-0.4, -0.2) is 35.6 Å². The Morgan fingerprint density at radius 3 is 2.72 bits per heavy atom. The fourth-order valence-electron chi connectivity index (χ4n) is 2.54. The Balaban J connectivity index is 2.10. The van der Waals surface area contributed by atoms with Gasteiger partial charge in [0.1, 0.15) is 28.6 Å². The maximum absolute atomic E-state index is 13.0. The number of ether oxygens (including phenoxy) is 2. The molecule has 0 atom stereocenters. The molecule has 8 heteroatoms. The Bertz CT molecular complexity index is 1150. The van der Waals surface area contributed by atoms with E-state index in [1.807, 2.05) is 12.1 Å². The molecule has 0 fully saturated rings. The quantitative estimate of drug-likeness (QED) is 0.376. The fourth-order valence-corrected chi connectivity index (χ4v) is 2.54. The normalized spacial score (nSPS) is 11.1. The largest absolute Gasteiger partial charge is 0.438 e. The van der Waals surface area contributed by atoms with Crippen molar-refractivity contribution in [3.05, 3.63) is 76.2 Å². The van der Waals surface area contributed by atoms with E-state index >= 15 is 0 Å². The molecule has 0 unspecified atom stereocenters. The van der Waals surface area contributed by atoms with Crippen LogP contribution in [0.1, 0.15) is 5.56 Å². The van der Waals surface area contributed by atoms with Crippen molar-refractivity contribution in [2.75, 3.05) is 20.3 Å². The monoisotopic (exact) mass is 390 g/mol. The summed E-state index contributed by atoms with van der Waals surface area (Å²) in [5.41, 5.74) is -0.326. The SMILES string of the molecule is COCCNC(=O)C(C#N)=Cc1c(Oc2ccccc2)nc2ccccn2c1=O. The van der Waals surface area contributed by atoms with E-state index < -0.39 is 11.5 Å². The van der Waals surface area contributed by atoms with Gasteiger partial charge in [0, 0.05) is 19.9 Å². The number of carbonyl (C=O) groups is 1. The van der Waals surface area contributed by atoms with Crippen LogP contribution in [0.15, 0.2) is 65.1 Å². The zero-order chi connectivity index (χ0) is 20.6. The van der Waals surface area contributed by atoms with Gasteiger partial charge in [0.2, 0.25) is 5.88 Å². The molecule has 8 nitrogen and oxygen atoms in total. The first-order chi connectivity index (χ1) is 14.1. The second kappa shape index (κ2) is 9.30. The number of hydrogen-bond donors (Lipinski definition) is 1. The minimum atomic E-state index is -0.618. The van der Waals surface area contributed by atoms with Crippen molar-refractivity contribution in [1.29, 1.82) is 5.26 Å². The van der Waals surface area contributed by atoms with Crippen LogP contribution in [0.4, 0.5) is 0 Å². The van der Waals surface area contributed by atoms with Crippen molar-refractivity contribution in [1.82, 2.24) is 14.7 Å². The molecular formula is C21H18N4O4. The summed E-state index contributed by atoms with van der Waals surface area (Å²) in [6.45, 7) is 0.531. The Hall–Kier alpha value is -3.96. The van der Waals surface area contributed by atoms with Crippen molar-refractivity contribution in [2.45, 2.75) is 0 Å². The van der Waals surface area contributed by atoms with E-state index in [-0.39, 0.29) is 23.6 Å². The maximum atomic E-state index is 13.0. The highest BCUT2D eigenvalue weighted by Gasteiger charge is 2.17. The summed E-state index contributed by atoms with van der Waals surface area (Å²) in [5.74, 6) is -0.144. The number of rotatable bonds is 7. The molecule has 1 N–H and O–H groups in total. The Morgan fingerprint density at radius 1 is 1.24 bits per heavy atom. The predicted octanol–water partition coefficient (Wildman–Crippen LogP) is 2.16. The highest BCUT2D eigenvalue weighted by atomic mass is 16.5. The van der Waals surface area contributed by atoms with Gasteiger partial charge >= 0.3 is 0 Å². The first kappa shape index (κ1) is 19.8. The van der Waals surface area contributed by atoms with Crippen LogP contribution in [0.2, 0.25) is 0 Å². The molecule has 3 rings (SSSR count). The zero-order valence-corrected chi connectivity index (χ0v) is 15.7. The number of aromatic nitrogens is 2. The lowest BCUT2D eigenvalue weighted by Gasteiger charge is -2.10. The number of fused-ring (bicyclic) bond motifs is 1. The highest BCUT2D eigenvalue weighted by molar-refractivity contribution is 6.01. The van der Waals surface area contributed by atoms with Crippen LogP contribution in [0.5, 0.6) is 11.6 Å². The third-order valence-electron chi connectivity index (χ3n) is 3.94. The first-order valence-corrected chi connectivity index (χ1v) is 8.77. The van der Waals surface area contributed by atoms with E-state index in [2.05, 4.69) is 10.3 Å². The second-order valence-corrected chi connectivity index (χ2v) is 5.90. The van der Waals surface area contributed by atoms with Gasteiger partial charge in [-0.1, -0.05) is 24.3 Å². The van der Waals surface area contributed by atoms with Crippen molar-refractivity contribution in [2.24, 2.45) is 0 Å². The summed E-state index contributed by atoms with van der Waals surface area (Å²) < 4.78 is 12.0. The lowest BCUT2D eigenvalue weighted by molar-refractivity contribution is -0.117. The number of amides is 1. The van der Waals surface area contributed by atoms with E-state index in [9.17, 15) is 14.9 Å². The van der Waals surface area contributed by atoms with E-state index in [1.165, 1.54) is 17.6 Å². The summed E-state index contributed by atoms with van der Waals surface area (Å²) >= 11 is 0. The molecule has 146 valence electrons. The number of nitrogens with zero attached hydrogens (tertiary/aromatic N) is 3. The van der Waals surface area contributed by atoms with Crippen LogP contribution in [0.25, 0.3) is 11.7 Å². The molecule has 0 spiro atoms. The molecule has 2 heterocycles. The molecular weight excluding hydrogens is 372 g/mol. The number of nitrogens with one attached hydrogen (secondary N) is 1. The van der Waals surface area contributed by atoms with Gasteiger partial charge in [0.15, 0.2) is 0 Å². The number of benzene rings is 1. The number of hydrogen-bond acceptors (Lipinski definition) is 6. The van der Waals surface area contributed by atoms with E-state index in [4.69, 9.17) is 9.47 Å². The van der Waals surface area contributed by atoms with Crippen molar-refractivity contribution in [3.8, 4) is 17.7 Å². The van der Waals surface area contributed by atoms with E-state index in [0.29, 0.717) is 18.0 Å². The minimum absolute atomic E-state index is 0.00371. The summed E-state index contributed by atoms with van der Waals surface area (Å²) in [6.07, 6.45) is 2.74. The van der Waals surface area contributed by atoms with Crippen molar-refractivity contribution >= 4 is 17.6 Å². The average Bonchev–Trinajstić information content (AvgIpc) is 2.74. The number of methoxy groups -OCH3 is 1. The van der Waals surface area contributed by atoms with Gasteiger partial charge in [0.05, 0.1) is 6.61 Å². The molecule has 29 heavy (non-hydrogen) atoms. The predicted molar refractivity (Wildman–Crippen MR) is 106 cm³/mol. The molecule has 0 radical (unpaired) electrons. The Morgan fingerprint density at radius 2 is 2.00 bits per heavy atom. The summed E-state index contributed by atoms with van der Waals surface area (Å²) in [5, 5.41) is 12.0. The maximum Gasteiger partial charge on any atom is 0.269 e. The highest BCUT2D eigenvalue weighted by Crippen LogP contribution is 2.23. The number of pyridine rings is 1. The van der Waals surface area contributed by atoms with Gasteiger partial charge in [-0.2, -0.15) is 10.2 Å². The van der Waals surface area contributed by atoms with Crippen LogP contribution < -0.4 is 15.6 Å². The van der Waals surface area contributed by atoms with E-state index in [1.54, 1.807) is 48.7 Å². The zero-order valence-electron chi connectivity index (χ0n) is 15.7. The third-order valence-corrected chi connectivity index (χ3v) is 3.94. The lowest BCUT2D eigenvalue weighted by Crippen LogP contribution is -2.28. The molecule has 0 aliphatic rings. The fraction of sp³-hybridized carbons (Fsp3) is 0.143. The molecule has 0 saturated heterocycles. The number of nitriles is 1. The molecule has 1 amide bonds. The van der Waals surface area contributed by atoms with Crippen molar-refractivity contribution < 1.29 is 14.3 Å². The average molecular weight is 390 g/mol. The smallest absolute Gasteiger partial charge is 0.269 e. The topological polar surface area (TPSA) is 106 Å². The molecule has 0 saturated carbocycles. The molecule has 0 bridgehead atoms. The lowest BCUT2D eigenvalue weighted by atomic mass is 10.1. The third kappa shape index (κ3) is 4.66. The number of para-hydroxylation sites is 1. The van der Waals surface area contributed by atoms with Gasteiger partial charge in [0.25, 0.3) is 11.5 Å². The molecule has 2 aromatic heterocycles. The van der Waals surface area contributed by atoms with Gasteiger partial charge in [-0.15, -0.1) is 0 Å². The molecule has 1 aromatic carbocycles. The number of carbonyl (C=O) groups excluding carboxylic acids is 1. The Kier molecular flexibility index (Phi) is 6.35. The standard InChI is InChI=1S/C21H18N4O4/c1-28-12-10-23-19(26)15(14-22)13-17-20(29-16-7-3-2-4-8-16)24-18-9-5-6-11-25(18)21(17)27/h2-9,11,13H,10,12H2,1H3,(H,23,26). The summed E-state index contributed by atoms with van der Waals surface area (Å²) in [7, 11) is 1.50. The van der Waals surface area contributed by atoms with E-state index in [0.717, 1.165) is 0 Å². The van der Waals surface area contributed by atoms with Crippen LogP contribution >= 0.6 is 0 Å². The van der Waals surface area contributed by atoms with Crippen LogP contribution in [0.3, 0.4) is 0 Å². The van der Waals surface area contributed by atoms with Gasteiger partial charge < -0.3 is 14.8 Å². The van der Waals surface area contributed by atoms with Crippen molar-refractivity contribution in [3.63, 3.8) is 0 Å².